The molecule has 0 amide bonds. The maximum Gasteiger partial charge on any atom is 0.167 e. The fourth-order valence-electron chi connectivity index (χ4n) is 3.59. The van der Waals surface area contributed by atoms with Gasteiger partial charge in [0.1, 0.15) is 5.69 Å². The van der Waals surface area contributed by atoms with Crippen molar-refractivity contribution in [1.82, 2.24) is 14.9 Å². The Kier molecular flexibility index (Phi) is 6.60. The molecule has 0 aliphatic heterocycles. The van der Waals surface area contributed by atoms with Gasteiger partial charge in [-0.15, -0.1) is 0 Å². The van der Waals surface area contributed by atoms with E-state index in [0.29, 0.717) is 6.42 Å². The Hall–Kier alpha value is -2.35. The van der Waals surface area contributed by atoms with Crippen molar-refractivity contribution in [2.24, 2.45) is 0 Å². The highest BCUT2D eigenvalue weighted by Crippen LogP contribution is 2.35. The van der Waals surface area contributed by atoms with Crippen LogP contribution in [0.15, 0.2) is 69.8 Å². The Morgan fingerprint density at radius 1 is 1.12 bits per heavy atom. The van der Waals surface area contributed by atoms with Gasteiger partial charge in [-0.1, -0.05) is 41.6 Å². The van der Waals surface area contributed by atoms with E-state index in [4.69, 9.17) is 4.52 Å². The first kappa shape index (κ1) is 22.8. The number of benzene rings is 2. The van der Waals surface area contributed by atoms with Gasteiger partial charge >= 0.3 is 0 Å². The van der Waals surface area contributed by atoms with Gasteiger partial charge in [0.15, 0.2) is 5.58 Å². The van der Waals surface area contributed by atoms with E-state index in [1.165, 1.54) is 0 Å². The second-order valence-electron chi connectivity index (χ2n) is 8.79. The molecule has 32 heavy (non-hydrogen) atoms. The van der Waals surface area contributed by atoms with Gasteiger partial charge in [0.2, 0.25) is 0 Å². The van der Waals surface area contributed by atoms with E-state index in [1.807, 2.05) is 70.2 Å². The highest BCUT2D eigenvalue weighted by Gasteiger charge is 2.27. The number of hydrogen-bond donors (Lipinski definition) is 1. The molecule has 0 spiro atoms. The number of hydrogen-bond acceptors (Lipinski definition) is 4. The lowest BCUT2D eigenvalue weighted by Gasteiger charge is -2.26. The number of nitrogens with one attached hydrogen (secondary N) is 1. The van der Waals surface area contributed by atoms with Crippen LogP contribution in [0, 0.1) is 6.92 Å². The predicted octanol–water partition coefficient (Wildman–Crippen LogP) is 6.30. The van der Waals surface area contributed by atoms with Crippen molar-refractivity contribution in [3.8, 4) is 11.3 Å². The molecule has 2 aromatic heterocycles. The van der Waals surface area contributed by atoms with E-state index in [-0.39, 0.29) is 6.04 Å². The summed E-state index contributed by atoms with van der Waals surface area (Å²) in [5, 5.41) is 5.32. The number of halogens is 1. The number of para-hydroxylation sites is 1. The molecule has 7 heteroatoms. The van der Waals surface area contributed by atoms with Crippen molar-refractivity contribution in [3.05, 3.63) is 82.1 Å². The molecular formula is C25H26BrN3O2S. The standard InChI is InChI=1S/C25H26BrN3O2S/c1-16-13-17(26)15-27-21(16)14-22(29-32(30)25(2,3)4)18-9-5-6-10-19(18)24-20-11-7-8-12-23(20)31-28-24/h5-13,15,22,29H,14H2,1-4H3/t22-,32-/m0/s1. The first-order chi connectivity index (χ1) is 15.2. The molecule has 2 atom stereocenters. The molecule has 0 saturated carbocycles. The third-order valence-corrected chi connectivity index (χ3v) is 7.37. The summed E-state index contributed by atoms with van der Waals surface area (Å²) in [6, 6.07) is 17.7. The van der Waals surface area contributed by atoms with E-state index in [0.717, 1.165) is 43.5 Å². The first-order valence-electron chi connectivity index (χ1n) is 10.5. The van der Waals surface area contributed by atoms with Crippen LogP contribution < -0.4 is 4.72 Å². The summed E-state index contributed by atoms with van der Waals surface area (Å²) in [5.41, 5.74) is 5.52. The average molecular weight is 512 g/mol. The number of pyridine rings is 1. The van der Waals surface area contributed by atoms with Crippen LogP contribution in [0.5, 0.6) is 0 Å². The van der Waals surface area contributed by atoms with Gasteiger partial charge in [0.05, 0.1) is 21.8 Å². The lowest BCUT2D eigenvalue weighted by Crippen LogP contribution is -2.37. The van der Waals surface area contributed by atoms with Crippen LogP contribution in [0.2, 0.25) is 0 Å². The van der Waals surface area contributed by atoms with Gasteiger partial charge in [-0.2, -0.15) is 0 Å². The zero-order valence-electron chi connectivity index (χ0n) is 18.6. The summed E-state index contributed by atoms with van der Waals surface area (Å²) in [7, 11) is -1.27. The molecule has 0 radical (unpaired) electrons. The molecule has 0 unspecified atom stereocenters. The summed E-state index contributed by atoms with van der Waals surface area (Å²) >= 11 is 3.49. The topological polar surface area (TPSA) is 68.0 Å². The smallest absolute Gasteiger partial charge is 0.167 e. The van der Waals surface area contributed by atoms with E-state index in [9.17, 15) is 4.21 Å². The fraction of sp³-hybridized carbons (Fsp3) is 0.280. The zero-order valence-corrected chi connectivity index (χ0v) is 21.0. The maximum atomic E-state index is 13.1. The van der Waals surface area contributed by atoms with E-state index in [1.54, 1.807) is 6.20 Å². The van der Waals surface area contributed by atoms with E-state index >= 15 is 0 Å². The third kappa shape index (κ3) is 4.85. The normalized spacial score (nSPS) is 13.9. The van der Waals surface area contributed by atoms with Crippen LogP contribution in [0.1, 0.15) is 43.6 Å². The van der Waals surface area contributed by atoms with Crippen molar-refractivity contribution in [2.45, 2.75) is 44.9 Å². The van der Waals surface area contributed by atoms with Crippen LogP contribution in [-0.2, 0) is 17.4 Å². The van der Waals surface area contributed by atoms with E-state index < -0.39 is 15.7 Å². The number of rotatable bonds is 6. The van der Waals surface area contributed by atoms with Gasteiger partial charge in [-0.25, -0.2) is 8.93 Å². The van der Waals surface area contributed by atoms with Crippen molar-refractivity contribution >= 4 is 37.9 Å². The third-order valence-electron chi connectivity index (χ3n) is 5.33. The summed E-state index contributed by atoms with van der Waals surface area (Å²) in [5.74, 6) is 0. The minimum absolute atomic E-state index is 0.228. The Morgan fingerprint density at radius 3 is 2.59 bits per heavy atom. The summed E-state index contributed by atoms with van der Waals surface area (Å²) in [4.78, 5) is 4.63. The van der Waals surface area contributed by atoms with Crippen molar-refractivity contribution in [3.63, 3.8) is 0 Å². The average Bonchev–Trinajstić information content (AvgIpc) is 3.18. The van der Waals surface area contributed by atoms with Crippen molar-refractivity contribution < 1.29 is 8.73 Å². The second-order valence-corrected chi connectivity index (χ2v) is 11.7. The first-order valence-corrected chi connectivity index (χ1v) is 12.4. The number of nitrogens with zero attached hydrogens (tertiary/aromatic N) is 2. The molecular weight excluding hydrogens is 486 g/mol. The number of aryl methyl sites for hydroxylation is 1. The highest BCUT2D eigenvalue weighted by atomic mass is 79.9. The van der Waals surface area contributed by atoms with Crippen LogP contribution in [0.25, 0.3) is 22.2 Å². The fourth-order valence-corrected chi connectivity index (χ4v) is 4.86. The molecule has 2 aromatic carbocycles. The zero-order chi connectivity index (χ0) is 22.9. The van der Waals surface area contributed by atoms with Crippen LogP contribution in [0.3, 0.4) is 0 Å². The van der Waals surface area contributed by atoms with Crippen LogP contribution in [-0.4, -0.2) is 19.1 Å². The number of aromatic nitrogens is 2. The molecule has 0 saturated heterocycles. The maximum absolute atomic E-state index is 13.1. The van der Waals surface area contributed by atoms with Crippen molar-refractivity contribution in [1.29, 1.82) is 0 Å². The Labute approximate surface area is 199 Å². The SMILES string of the molecule is Cc1cc(Br)cnc1C[C@H](N[S@@](=O)C(C)(C)C)c1ccccc1-c1noc2ccccc12. The van der Waals surface area contributed by atoms with Gasteiger partial charge in [0, 0.05) is 33.7 Å². The molecule has 0 bridgehead atoms. The molecule has 1 N–H and O–H groups in total. The lowest BCUT2D eigenvalue weighted by molar-refractivity contribution is 0.459. The van der Waals surface area contributed by atoms with Gasteiger partial charge in [-0.05, 0) is 73.0 Å². The van der Waals surface area contributed by atoms with Crippen LogP contribution in [0.4, 0.5) is 0 Å². The van der Waals surface area contributed by atoms with E-state index in [2.05, 4.69) is 42.9 Å². The Morgan fingerprint density at radius 2 is 1.84 bits per heavy atom. The van der Waals surface area contributed by atoms with Crippen LogP contribution >= 0.6 is 15.9 Å². The molecule has 2 heterocycles. The summed E-state index contributed by atoms with van der Waals surface area (Å²) in [6.07, 6.45) is 2.39. The molecule has 4 rings (SSSR count). The minimum atomic E-state index is -1.27. The Balaban J connectivity index is 1.81. The number of fused-ring (bicyclic) bond motifs is 1. The lowest BCUT2D eigenvalue weighted by atomic mass is 9.93. The van der Waals surface area contributed by atoms with Gasteiger partial charge in [-0.3, -0.25) is 4.98 Å². The molecule has 5 nitrogen and oxygen atoms in total. The Bertz CT molecular complexity index is 1280. The molecule has 166 valence electrons. The summed E-state index contributed by atoms with van der Waals surface area (Å²) < 4.78 is 22.6. The molecule has 0 fully saturated rings. The molecule has 0 aliphatic carbocycles. The van der Waals surface area contributed by atoms with Gasteiger partial charge in [0.25, 0.3) is 0 Å². The van der Waals surface area contributed by atoms with Gasteiger partial charge < -0.3 is 4.52 Å². The summed E-state index contributed by atoms with van der Waals surface area (Å²) in [6.45, 7) is 7.94. The minimum Gasteiger partial charge on any atom is -0.356 e. The molecule has 0 aliphatic rings. The quantitative estimate of drug-likeness (QED) is 0.330. The highest BCUT2D eigenvalue weighted by molar-refractivity contribution is 9.10. The predicted molar refractivity (Wildman–Crippen MR) is 134 cm³/mol. The second kappa shape index (κ2) is 9.25. The monoisotopic (exact) mass is 511 g/mol. The largest absolute Gasteiger partial charge is 0.356 e. The van der Waals surface area contributed by atoms with Crippen molar-refractivity contribution in [2.75, 3.05) is 0 Å². The molecule has 4 aromatic rings.